The molecular formula is C22H39IN4O4. The summed E-state index contributed by atoms with van der Waals surface area (Å²) in [5.41, 5.74) is 1.14. The topological polar surface area (TPSA) is 76.6 Å². The third-order valence-corrected chi connectivity index (χ3v) is 5.24. The molecule has 2 rings (SSSR count). The number of benzene rings is 1. The predicted octanol–water partition coefficient (Wildman–Crippen LogP) is 2.53. The highest BCUT2D eigenvalue weighted by Gasteiger charge is 2.17. The molecule has 0 saturated carbocycles. The quantitative estimate of drug-likeness (QED) is 0.179. The summed E-state index contributed by atoms with van der Waals surface area (Å²) in [5.74, 6) is 2.80. The zero-order chi connectivity index (χ0) is 21.8. The number of hydrogen-bond donors (Lipinski definition) is 2. The molecule has 1 aromatic carbocycles. The number of rotatable bonds is 12. The van der Waals surface area contributed by atoms with Crippen LogP contribution in [0.2, 0.25) is 0 Å². The van der Waals surface area contributed by atoms with Crippen molar-refractivity contribution in [2.45, 2.75) is 18.9 Å². The zero-order valence-corrected chi connectivity index (χ0v) is 21.8. The second-order valence-corrected chi connectivity index (χ2v) is 7.63. The molecule has 1 aromatic rings. The minimum Gasteiger partial charge on any atom is -0.493 e. The van der Waals surface area contributed by atoms with Crippen molar-refractivity contribution in [1.82, 2.24) is 15.5 Å². The minimum atomic E-state index is 0. The molecular weight excluding hydrogens is 511 g/mol. The van der Waals surface area contributed by atoms with E-state index in [2.05, 4.69) is 40.7 Å². The molecule has 2 N–H and O–H groups in total. The van der Waals surface area contributed by atoms with Crippen LogP contribution >= 0.6 is 24.0 Å². The van der Waals surface area contributed by atoms with Crippen LogP contribution in [0.15, 0.2) is 23.2 Å². The summed E-state index contributed by atoms with van der Waals surface area (Å²) in [6, 6.07) is 6.18. The van der Waals surface area contributed by atoms with E-state index >= 15 is 0 Å². The Morgan fingerprint density at radius 2 is 2.00 bits per heavy atom. The summed E-state index contributed by atoms with van der Waals surface area (Å²) in [4.78, 5) is 6.50. The minimum absolute atomic E-state index is 0. The first-order valence-electron chi connectivity index (χ1n) is 10.6. The van der Waals surface area contributed by atoms with Gasteiger partial charge in [0.15, 0.2) is 17.5 Å². The highest BCUT2D eigenvalue weighted by atomic mass is 127. The molecule has 0 amide bonds. The first kappa shape index (κ1) is 27.7. The molecule has 1 fully saturated rings. The zero-order valence-electron chi connectivity index (χ0n) is 19.5. The summed E-state index contributed by atoms with van der Waals surface area (Å²) < 4.78 is 21.9. The van der Waals surface area contributed by atoms with Gasteiger partial charge in [-0.3, -0.25) is 4.99 Å². The van der Waals surface area contributed by atoms with Crippen LogP contribution in [0.25, 0.3) is 0 Å². The van der Waals surface area contributed by atoms with Gasteiger partial charge >= 0.3 is 0 Å². The number of nitrogens with zero attached hydrogens (tertiary/aromatic N) is 2. The number of ether oxygens (including phenoxy) is 4. The molecule has 0 bridgehead atoms. The van der Waals surface area contributed by atoms with Gasteiger partial charge in [0.2, 0.25) is 0 Å². The summed E-state index contributed by atoms with van der Waals surface area (Å²) in [6.45, 7) is 4.76. The Labute approximate surface area is 204 Å². The fourth-order valence-electron chi connectivity index (χ4n) is 3.42. The van der Waals surface area contributed by atoms with Gasteiger partial charge < -0.3 is 34.5 Å². The summed E-state index contributed by atoms with van der Waals surface area (Å²) in [6.07, 6.45) is 2.04. The van der Waals surface area contributed by atoms with Gasteiger partial charge in [-0.1, -0.05) is 6.07 Å². The SMILES string of the molecule is CN=C(NCCCOCC1CCOC1)NCC(c1ccc(OC)c(OC)c1)N(C)C.I. The average molecular weight is 550 g/mol. The lowest BCUT2D eigenvalue weighted by molar-refractivity contribution is 0.0888. The van der Waals surface area contributed by atoms with Gasteiger partial charge in [-0.05, 0) is 44.6 Å². The lowest BCUT2D eigenvalue weighted by atomic mass is 10.1. The van der Waals surface area contributed by atoms with Crippen LogP contribution in [0.4, 0.5) is 0 Å². The molecule has 1 saturated heterocycles. The maximum Gasteiger partial charge on any atom is 0.191 e. The third kappa shape index (κ3) is 9.38. The van der Waals surface area contributed by atoms with Crippen molar-refractivity contribution in [2.75, 3.05) is 74.9 Å². The Balaban J connectivity index is 0.00000480. The molecule has 1 aliphatic heterocycles. The van der Waals surface area contributed by atoms with Crippen LogP contribution < -0.4 is 20.1 Å². The van der Waals surface area contributed by atoms with Gasteiger partial charge in [-0.2, -0.15) is 0 Å². The molecule has 0 radical (unpaired) electrons. The molecule has 0 spiro atoms. The smallest absolute Gasteiger partial charge is 0.191 e. The van der Waals surface area contributed by atoms with Crippen molar-refractivity contribution in [1.29, 1.82) is 0 Å². The summed E-state index contributed by atoms with van der Waals surface area (Å²) in [7, 11) is 9.21. The van der Waals surface area contributed by atoms with Gasteiger partial charge in [-0.25, -0.2) is 0 Å². The molecule has 0 aromatic heterocycles. The highest BCUT2D eigenvalue weighted by molar-refractivity contribution is 14.0. The number of aliphatic imine (C=N–C) groups is 1. The molecule has 31 heavy (non-hydrogen) atoms. The van der Waals surface area contributed by atoms with Crippen LogP contribution in [0.1, 0.15) is 24.4 Å². The highest BCUT2D eigenvalue weighted by Crippen LogP contribution is 2.31. The summed E-state index contributed by atoms with van der Waals surface area (Å²) in [5, 5.41) is 6.77. The third-order valence-electron chi connectivity index (χ3n) is 5.24. The Hall–Kier alpha value is -1.30. The van der Waals surface area contributed by atoms with Gasteiger partial charge in [-0.15, -0.1) is 24.0 Å². The van der Waals surface area contributed by atoms with E-state index in [1.54, 1.807) is 21.3 Å². The Morgan fingerprint density at radius 3 is 2.61 bits per heavy atom. The molecule has 8 nitrogen and oxygen atoms in total. The maximum absolute atomic E-state index is 5.75. The second kappa shape index (κ2) is 15.5. The van der Waals surface area contributed by atoms with Crippen LogP contribution in [0.3, 0.4) is 0 Å². The van der Waals surface area contributed by atoms with E-state index in [1.165, 1.54) is 0 Å². The van der Waals surface area contributed by atoms with Gasteiger partial charge in [0.25, 0.3) is 0 Å². The van der Waals surface area contributed by atoms with E-state index in [1.807, 2.05) is 12.1 Å². The van der Waals surface area contributed by atoms with Gasteiger partial charge in [0.1, 0.15) is 0 Å². The van der Waals surface area contributed by atoms with Crippen molar-refractivity contribution in [3.8, 4) is 11.5 Å². The van der Waals surface area contributed by atoms with Crippen molar-refractivity contribution >= 4 is 29.9 Å². The lowest BCUT2D eigenvalue weighted by Crippen LogP contribution is -2.42. The molecule has 2 unspecified atom stereocenters. The van der Waals surface area contributed by atoms with Gasteiger partial charge in [0, 0.05) is 39.3 Å². The fraction of sp³-hybridized carbons (Fsp3) is 0.682. The van der Waals surface area contributed by atoms with E-state index in [0.29, 0.717) is 12.5 Å². The molecule has 178 valence electrons. The molecule has 2 atom stereocenters. The molecule has 9 heteroatoms. The van der Waals surface area contributed by atoms with Crippen LogP contribution in [-0.4, -0.2) is 85.7 Å². The normalized spacial score (nSPS) is 17.2. The lowest BCUT2D eigenvalue weighted by Gasteiger charge is -2.26. The first-order valence-corrected chi connectivity index (χ1v) is 10.6. The molecule has 1 heterocycles. The molecule has 0 aliphatic carbocycles. The van der Waals surface area contributed by atoms with E-state index < -0.39 is 0 Å². The number of hydrogen-bond acceptors (Lipinski definition) is 6. The van der Waals surface area contributed by atoms with E-state index in [4.69, 9.17) is 18.9 Å². The average Bonchev–Trinajstić information content (AvgIpc) is 3.27. The van der Waals surface area contributed by atoms with Crippen molar-refractivity contribution < 1.29 is 18.9 Å². The largest absolute Gasteiger partial charge is 0.493 e. The number of likely N-dealkylation sites (N-methyl/N-ethyl adjacent to an activating group) is 1. The Kier molecular flexibility index (Phi) is 13.9. The standard InChI is InChI=1S/C22H38N4O4.HI/c1-23-22(24-10-6-11-29-15-17-9-12-30-16-17)25-14-19(26(2)3)18-7-8-20(27-4)21(13-18)28-5;/h7-8,13,17,19H,6,9-12,14-16H2,1-5H3,(H2,23,24,25);1H. The number of halogens is 1. The van der Waals surface area contributed by atoms with E-state index in [-0.39, 0.29) is 30.0 Å². The molecule has 1 aliphatic rings. The second-order valence-electron chi connectivity index (χ2n) is 7.63. The van der Waals surface area contributed by atoms with Crippen molar-refractivity contribution in [3.05, 3.63) is 23.8 Å². The monoisotopic (exact) mass is 550 g/mol. The van der Waals surface area contributed by atoms with Crippen LogP contribution in [0, 0.1) is 5.92 Å². The number of methoxy groups -OCH3 is 2. The maximum atomic E-state index is 5.75. The number of guanidine groups is 1. The van der Waals surface area contributed by atoms with Crippen molar-refractivity contribution in [3.63, 3.8) is 0 Å². The van der Waals surface area contributed by atoms with Gasteiger partial charge in [0.05, 0.1) is 33.5 Å². The Morgan fingerprint density at radius 1 is 1.23 bits per heavy atom. The van der Waals surface area contributed by atoms with Crippen LogP contribution in [-0.2, 0) is 9.47 Å². The van der Waals surface area contributed by atoms with Crippen molar-refractivity contribution in [2.24, 2.45) is 10.9 Å². The van der Waals surface area contributed by atoms with Crippen LogP contribution in [0.5, 0.6) is 11.5 Å². The summed E-state index contributed by atoms with van der Waals surface area (Å²) >= 11 is 0. The van der Waals surface area contributed by atoms with E-state index in [9.17, 15) is 0 Å². The fourth-order valence-corrected chi connectivity index (χ4v) is 3.42. The number of nitrogens with one attached hydrogen (secondary N) is 2. The predicted molar refractivity (Wildman–Crippen MR) is 135 cm³/mol. The Bertz CT molecular complexity index is 654. The first-order chi connectivity index (χ1) is 14.6. The van der Waals surface area contributed by atoms with E-state index in [0.717, 1.165) is 68.8 Å².